The number of benzene rings is 4. The van der Waals surface area contributed by atoms with Gasteiger partial charge in [-0.15, -0.1) is 0 Å². The van der Waals surface area contributed by atoms with E-state index >= 15 is 0 Å². The van der Waals surface area contributed by atoms with Gasteiger partial charge in [-0.1, -0.05) is 53.6 Å². The molecule has 0 bridgehead atoms. The number of para-hydroxylation sites is 1. The highest BCUT2D eigenvalue weighted by Crippen LogP contribution is 2.32. The molecule has 0 radical (unpaired) electrons. The minimum Gasteiger partial charge on any atom is -0.456 e. The second-order valence-corrected chi connectivity index (χ2v) is 8.10. The Hall–Kier alpha value is -3.52. The van der Waals surface area contributed by atoms with E-state index in [1.807, 2.05) is 24.3 Å². The van der Waals surface area contributed by atoms with Crippen LogP contribution in [0.15, 0.2) is 81.6 Å². The lowest BCUT2D eigenvalue weighted by Crippen LogP contribution is -1.74. The summed E-state index contributed by atoms with van der Waals surface area (Å²) < 4.78 is 11.6. The van der Waals surface area contributed by atoms with Crippen molar-refractivity contribution in [2.75, 3.05) is 0 Å². The zero-order valence-corrected chi connectivity index (χ0v) is 17.7. The molecule has 2 heterocycles. The number of fused-ring (bicyclic) bond motifs is 6. The third-order valence-electron chi connectivity index (χ3n) is 5.71. The molecule has 148 valence electrons. The van der Waals surface area contributed by atoms with E-state index in [1.165, 1.54) is 43.8 Å². The first-order chi connectivity index (χ1) is 14.5. The van der Waals surface area contributed by atoms with Gasteiger partial charge in [0.05, 0.1) is 0 Å². The molecule has 6 aromatic rings. The van der Waals surface area contributed by atoms with Gasteiger partial charge in [-0.25, -0.2) is 0 Å². The lowest BCUT2D eigenvalue weighted by molar-refractivity contribution is 0.665. The summed E-state index contributed by atoms with van der Waals surface area (Å²) in [6.07, 6.45) is 0. The van der Waals surface area contributed by atoms with E-state index in [9.17, 15) is 0 Å². The minimum absolute atomic E-state index is 0.977. The van der Waals surface area contributed by atoms with Gasteiger partial charge in [0, 0.05) is 21.5 Å². The first-order valence-corrected chi connectivity index (χ1v) is 10.3. The van der Waals surface area contributed by atoms with Crippen molar-refractivity contribution in [1.82, 2.24) is 0 Å². The molecule has 0 saturated heterocycles. The summed E-state index contributed by atoms with van der Waals surface area (Å²) in [5.41, 5.74) is 8.96. The van der Waals surface area contributed by atoms with Crippen LogP contribution in [0, 0.1) is 27.7 Å². The van der Waals surface area contributed by atoms with E-state index in [2.05, 4.69) is 76.2 Å². The summed E-state index contributed by atoms with van der Waals surface area (Å²) in [4.78, 5) is 0. The van der Waals surface area contributed by atoms with Gasteiger partial charge in [-0.3, -0.25) is 0 Å². The molecular weight excluding hydrogens is 368 g/mol. The Morgan fingerprint density at radius 3 is 1.90 bits per heavy atom. The smallest absolute Gasteiger partial charge is 0.138 e. The molecule has 0 N–H and O–H groups in total. The van der Waals surface area contributed by atoms with Gasteiger partial charge in [0.2, 0.25) is 0 Å². The maximum absolute atomic E-state index is 5.84. The SMILES string of the molecule is Cc1ccc2oc3c(C)cccc3c2c1.Cc1ccc2oc3cccc(C)c3c2c1. The Bertz CT molecular complexity index is 1520. The molecule has 2 aromatic heterocycles. The Labute approximate surface area is 175 Å². The van der Waals surface area contributed by atoms with Gasteiger partial charge < -0.3 is 8.83 Å². The molecule has 2 nitrogen and oxygen atoms in total. The molecule has 0 spiro atoms. The average Bonchev–Trinajstić information content (AvgIpc) is 3.28. The monoisotopic (exact) mass is 392 g/mol. The summed E-state index contributed by atoms with van der Waals surface area (Å²) in [6.45, 7) is 8.42. The normalized spacial score (nSPS) is 11.3. The Balaban J connectivity index is 0.000000128. The molecule has 0 unspecified atom stereocenters. The van der Waals surface area contributed by atoms with Gasteiger partial charge >= 0.3 is 0 Å². The molecule has 0 amide bonds. The topological polar surface area (TPSA) is 26.3 Å². The first-order valence-electron chi connectivity index (χ1n) is 10.3. The molecule has 4 aromatic carbocycles. The van der Waals surface area contributed by atoms with Gasteiger partial charge in [-0.05, 0) is 69.2 Å². The molecule has 0 saturated carbocycles. The second-order valence-electron chi connectivity index (χ2n) is 8.10. The Morgan fingerprint density at radius 1 is 0.500 bits per heavy atom. The molecular formula is C28H24O2. The molecule has 0 aliphatic rings. The quantitative estimate of drug-likeness (QED) is 0.259. The van der Waals surface area contributed by atoms with Crippen LogP contribution in [0.3, 0.4) is 0 Å². The molecule has 0 atom stereocenters. The van der Waals surface area contributed by atoms with E-state index in [0.29, 0.717) is 0 Å². The fourth-order valence-electron chi connectivity index (χ4n) is 4.17. The van der Waals surface area contributed by atoms with E-state index in [0.717, 1.165) is 22.3 Å². The van der Waals surface area contributed by atoms with Crippen LogP contribution in [0.5, 0.6) is 0 Å². The molecule has 0 aliphatic heterocycles. The van der Waals surface area contributed by atoms with Gasteiger partial charge in [0.25, 0.3) is 0 Å². The summed E-state index contributed by atoms with van der Waals surface area (Å²) in [6, 6.07) is 25.1. The lowest BCUT2D eigenvalue weighted by atomic mass is 10.1. The zero-order valence-electron chi connectivity index (χ0n) is 17.7. The maximum atomic E-state index is 5.84. The van der Waals surface area contributed by atoms with E-state index in [-0.39, 0.29) is 0 Å². The van der Waals surface area contributed by atoms with Crippen LogP contribution in [-0.2, 0) is 0 Å². The number of hydrogen-bond acceptors (Lipinski definition) is 2. The van der Waals surface area contributed by atoms with Gasteiger partial charge in [0.15, 0.2) is 0 Å². The van der Waals surface area contributed by atoms with Gasteiger partial charge in [-0.2, -0.15) is 0 Å². The van der Waals surface area contributed by atoms with Crippen molar-refractivity contribution >= 4 is 43.9 Å². The van der Waals surface area contributed by atoms with Crippen LogP contribution in [0.1, 0.15) is 22.3 Å². The molecule has 0 fully saturated rings. The molecule has 0 aliphatic carbocycles. The molecule has 6 rings (SSSR count). The number of rotatable bonds is 0. The zero-order chi connectivity index (χ0) is 20.8. The Kier molecular flexibility index (Phi) is 4.36. The Morgan fingerprint density at radius 2 is 1.13 bits per heavy atom. The van der Waals surface area contributed by atoms with Crippen molar-refractivity contribution in [1.29, 1.82) is 0 Å². The van der Waals surface area contributed by atoms with Crippen LogP contribution >= 0.6 is 0 Å². The number of furan rings is 2. The lowest BCUT2D eigenvalue weighted by Gasteiger charge is -1.95. The third kappa shape index (κ3) is 3.05. The standard InChI is InChI=1S/2C14H12O/c1-9-6-7-12-11(8-9)14-10(2)4-3-5-13(14)15-12;1-9-6-7-13-12(8-9)11-5-3-4-10(2)14(11)15-13/h2*3-8H,1-2H3. The van der Waals surface area contributed by atoms with Crippen molar-refractivity contribution in [2.24, 2.45) is 0 Å². The summed E-state index contributed by atoms with van der Waals surface area (Å²) >= 11 is 0. The molecule has 2 heteroatoms. The fraction of sp³-hybridized carbons (Fsp3) is 0.143. The summed E-state index contributed by atoms with van der Waals surface area (Å²) in [5, 5.41) is 4.90. The van der Waals surface area contributed by atoms with Crippen molar-refractivity contribution in [3.63, 3.8) is 0 Å². The van der Waals surface area contributed by atoms with E-state index in [4.69, 9.17) is 8.83 Å². The highest BCUT2D eigenvalue weighted by Gasteiger charge is 2.09. The molecule has 30 heavy (non-hydrogen) atoms. The largest absolute Gasteiger partial charge is 0.456 e. The van der Waals surface area contributed by atoms with E-state index < -0.39 is 0 Å². The van der Waals surface area contributed by atoms with E-state index in [1.54, 1.807) is 0 Å². The van der Waals surface area contributed by atoms with Crippen molar-refractivity contribution in [3.8, 4) is 0 Å². The predicted octanol–water partition coefficient (Wildman–Crippen LogP) is 8.41. The number of hydrogen-bond donors (Lipinski definition) is 0. The summed E-state index contributed by atoms with van der Waals surface area (Å²) in [7, 11) is 0. The van der Waals surface area contributed by atoms with Crippen LogP contribution in [0.25, 0.3) is 43.9 Å². The second kappa shape index (κ2) is 7.07. The van der Waals surface area contributed by atoms with Gasteiger partial charge in [0.1, 0.15) is 22.3 Å². The minimum atomic E-state index is 0.977. The van der Waals surface area contributed by atoms with Crippen molar-refractivity contribution < 1.29 is 8.83 Å². The fourth-order valence-corrected chi connectivity index (χ4v) is 4.17. The van der Waals surface area contributed by atoms with Crippen LogP contribution < -0.4 is 0 Å². The predicted molar refractivity (Wildman–Crippen MR) is 126 cm³/mol. The van der Waals surface area contributed by atoms with Crippen molar-refractivity contribution in [2.45, 2.75) is 27.7 Å². The highest BCUT2D eigenvalue weighted by molar-refractivity contribution is 6.07. The highest BCUT2D eigenvalue weighted by atomic mass is 16.3. The third-order valence-corrected chi connectivity index (χ3v) is 5.71. The van der Waals surface area contributed by atoms with Crippen LogP contribution in [0.4, 0.5) is 0 Å². The average molecular weight is 392 g/mol. The van der Waals surface area contributed by atoms with Crippen molar-refractivity contribution in [3.05, 3.63) is 95.1 Å². The first kappa shape index (κ1) is 18.5. The van der Waals surface area contributed by atoms with Crippen LogP contribution in [0.2, 0.25) is 0 Å². The maximum Gasteiger partial charge on any atom is 0.138 e. The van der Waals surface area contributed by atoms with Crippen LogP contribution in [-0.4, -0.2) is 0 Å². The summed E-state index contributed by atoms with van der Waals surface area (Å²) in [5.74, 6) is 0. The number of aryl methyl sites for hydroxylation is 4.